The van der Waals surface area contributed by atoms with Gasteiger partial charge in [-0.3, -0.25) is 19.0 Å². The predicted molar refractivity (Wildman–Crippen MR) is 129 cm³/mol. The molecule has 2 aromatic carbocycles. The first-order chi connectivity index (χ1) is 17.2. The molecule has 11 heteroatoms. The Morgan fingerprint density at radius 3 is 2.42 bits per heavy atom. The minimum Gasteiger partial charge on any atom is -0.414 e. The number of nitrogen functional groups attached to an aromatic ring is 1. The number of anilines is 1. The van der Waals surface area contributed by atoms with Crippen molar-refractivity contribution in [1.29, 1.82) is 0 Å². The number of Topliss-reactive ketones (excluding diaryl/α,β-unsaturated/α-hetero) is 1. The van der Waals surface area contributed by atoms with Crippen LogP contribution >= 0.6 is 0 Å². The van der Waals surface area contributed by atoms with Crippen molar-refractivity contribution < 1.29 is 18.4 Å². The summed E-state index contributed by atoms with van der Waals surface area (Å²) in [7, 11) is 0. The summed E-state index contributed by atoms with van der Waals surface area (Å²) in [4.78, 5) is 43.0. The maximum Gasteiger partial charge on any atom is 0.286 e. The number of aromatic nitrogens is 4. The molecule has 184 valence electrons. The average Bonchev–Trinajstić information content (AvgIpc) is 3.37. The number of benzene rings is 2. The van der Waals surface area contributed by atoms with E-state index in [9.17, 15) is 18.8 Å². The van der Waals surface area contributed by atoms with Crippen molar-refractivity contribution in [3.05, 3.63) is 82.9 Å². The van der Waals surface area contributed by atoms with Crippen molar-refractivity contribution >= 4 is 17.4 Å². The second-order valence-electron chi connectivity index (χ2n) is 8.37. The summed E-state index contributed by atoms with van der Waals surface area (Å²) in [6, 6.07) is 13.2. The molecule has 10 nitrogen and oxygen atoms in total. The van der Waals surface area contributed by atoms with Gasteiger partial charge in [-0.2, -0.15) is 0 Å². The zero-order valence-corrected chi connectivity index (χ0v) is 19.5. The molecule has 0 aliphatic heterocycles. The molecule has 2 aromatic heterocycles. The molecule has 4 aromatic rings. The molecule has 0 saturated heterocycles. The van der Waals surface area contributed by atoms with E-state index in [1.165, 1.54) is 30.5 Å². The number of amides is 1. The number of ketones is 1. The van der Waals surface area contributed by atoms with Crippen molar-refractivity contribution in [1.82, 2.24) is 25.1 Å². The monoisotopic (exact) mass is 490 g/mol. The molecule has 3 N–H and O–H groups in total. The molecule has 36 heavy (non-hydrogen) atoms. The summed E-state index contributed by atoms with van der Waals surface area (Å²) in [5, 5.41) is 10.4. The minimum atomic E-state index is -0.999. The lowest BCUT2D eigenvalue weighted by molar-refractivity contribution is -0.122. The van der Waals surface area contributed by atoms with Gasteiger partial charge in [-0.05, 0) is 42.3 Å². The fourth-order valence-electron chi connectivity index (χ4n) is 3.53. The van der Waals surface area contributed by atoms with Crippen LogP contribution < -0.4 is 16.6 Å². The van der Waals surface area contributed by atoms with Crippen LogP contribution in [0.2, 0.25) is 0 Å². The smallest absolute Gasteiger partial charge is 0.286 e. The molecule has 0 bridgehead atoms. The van der Waals surface area contributed by atoms with Gasteiger partial charge in [0.1, 0.15) is 23.9 Å². The first kappa shape index (κ1) is 24.5. The van der Waals surface area contributed by atoms with Crippen LogP contribution in [0.25, 0.3) is 22.8 Å². The Balaban J connectivity index is 1.56. The summed E-state index contributed by atoms with van der Waals surface area (Å²) in [6.45, 7) is 3.02. The van der Waals surface area contributed by atoms with Crippen LogP contribution in [0.4, 0.5) is 10.1 Å². The Kier molecular flexibility index (Phi) is 7.00. The molecule has 0 unspecified atom stereocenters. The maximum atomic E-state index is 13.4. The molecule has 0 aliphatic rings. The first-order valence-electron chi connectivity index (χ1n) is 11.1. The number of halogens is 1. The van der Waals surface area contributed by atoms with Crippen molar-refractivity contribution in [2.45, 2.75) is 26.4 Å². The van der Waals surface area contributed by atoms with Gasteiger partial charge in [0.2, 0.25) is 17.6 Å². The number of rotatable bonds is 8. The quantitative estimate of drug-likeness (QED) is 0.359. The first-order valence-corrected chi connectivity index (χ1v) is 11.1. The van der Waals surface area contributed by atoms with Crippen molar-refractivity contribution in [2.75, 3.05) is 5.73 Å². The van der Waals surface area contributed by atoms with Crippen LogP contribution in [0.5, 0.6) is 0 Å². The zero-order chi connectivity index (χ0) is 25.8. The SMILES string of the molecule is CC(C)[C@H](NC(=O)Cn1c(-c2ccc(F)cc2)ncc(N)c1=O)C(=O)c1nnc(-c2ccccc2)o1. The van der Waals surface area contributed by atoms with Gasteiger partial charge in [0.15, 0.2) is 0 Å². The third kappa shape index (κ3) is 5.19. The van der Waals surface area contributed by atoms with Crippen molar-refractivity contribution in [3.8, 4) is 22.8 Å². The summed E-state index contributed by atoms with van der Waals surface area (Å²) in [5.74, 6) is -1.94. The van der Waals surface area contributed by atoms with Gasteiger partial charge in [0, 0.05) is 11.1 Å². The van der Waals surface area contributed by atoms with E-state index in [0.29, 0.717) is 11.1 Å². The highest BCUT2D eigenvalue weighted by molar-refractivity contribution is 5.98. The van der Waals surface area contributed by atoms with E-state index in [1.807, 2.05) is 6.07 Å². The predicted octanol–water partition coefficient (Wildman–Crippen LogP) is 2.71. The lowest BCUT2D eigenvalue weighted by Crippen LogP contribution is -2.46. The number of nitrogens with one attached hydrogen (secondary N) is 1. The Morgan fingerprint density at radius 1 is 1.06 bits per heavy atom. The van der Waals surface area contributed by atoms with Gasteiger partial charge in [-0.15, -0.1) is 10.2 Å². The second-order valence-corrected chi connectivity index (χ2v) is 8.37. The summed E-state index contributed by atoms with van der Waals surface area (Å²) in [5.41, 5.74) is 5.98. The van der Waals surface area contributed by atoms with E-state index in [-0.39, 0.29) is 29.2 Å². The van der Waals surface area contributed by atoms with E-state index in [2.05, 4.69) is 20.5 Å². The largest absolute Gasteiger partial charge is 0.414 e. The number of nitrogens with two attached hydrogens (primary N) is 1. The van der Waals surface area contributed by atoms with Crippen LogP contribution in [0.15, 0.2) is 70.0 Å². The van der Waals surface area contributed by atoms with Crippen LogP contribution in [0.3, 0.4) is 0 Å². The van der Waals surface area contributed by atoms with Crippen LogP contribution in [0.1, 0.15) is 24.5 Å². The van der Waals surface area contributed by atoms with Gasteiger partial charge >= 0.3 is 0 Å². The molecule has 0 spiro atoms. The summed E-state index contributed by atoms with van der Waals surface area (Å²) in [6.07, 6.45) is 1.18. The number of carbonyl (C=O) groups excluding carboxylic acids is 2. The summed E-state index contributed by atoms with van der Waals surface area (Å²) < 4.78 is 20.0. The minimum absolute atomic E-state index is 0.126. The Hall–Kier alpha value is -4.67. The topological polar surface area (TPSA) is 146 Å². The van der Waals surface area contributed by atoms with Crippen molar-refractivity contribution in [3.63, 3.8) is 0 Å². The molecule has 0 aliphatic carbocycles. The fourth-order valence-corrected chi connectivity index (χ4v) is 3.53. The van der Waals surface area contributed by atoms with E-state index < -0.39 is 35.7 Å². The van der Waals surface area contributed by atoms with Crippen LogP contribution in [-0.2, 0) is 11.3 Å². The molecule has 0 saturated carbocycles. The van der Waals surface area contributed by atoms with Crippen molar-refractivity contribution in [2.24, 2.45) is 5.92 Å². The second kappa shape index (κ2) is 10.3. The highest BCUT2D eigenvalue weighted by atomic mass is 19.1. The molecule has 4 rings (SSSR count). The summed E-state index contributed by atoms with van der Waals surface area (Å²) >= 11 is 0. The molecule has 2 heterocycles. The third-order valence-electron chi connectivity index (χ3n) is 5.40. The number of hydrogen-bond donors (Lipinski definition) is 2. The van der Waals surface area contributed by atoms with Gasteiger partial charge in [-0.1, -0.05) is 32.0 Å². The van der Waals surface area contributed by atoms with E-state index >= 15 is 0 Å². The van der Waals surface area contributed by atoms with Crippen LogP contribution in [-0.4, -0.2) is 37.5 Å². The van der Waals surface area contributed by atoms with Gasteiger partial charge in [0.25, 0.3) is 11.4 Å². The number of hydrogen-bond acceptors (Lipinski definition) is 8. The highest BCUT2D eigenvalue weighted by Gasteiger charge is 2.30. The molecular weight excluding hydrogens is 467 g/mol. The lowest BCUT2D eigenvalue weighted by atomic mass is 9.99. The maximum absolute atomic E-state index is 13.4. The standard InChI is InChI=1S/C25H23FN6O4/c1-14(2)20(21(34)24-31-30-23(36-24)16-6-4-3-5-7-16)29-19(33)13-32-22(28-12-18(27)25(32)35)15-8-10-17(26)11-9-15/h3-12,14,20H,13,27H2,1-2H3,(H,29,33)/t20-/m0/s1. The van der Waals surface area contributed by atoms with E-state index in [0.717, 1.165) is 4.57 Å². The molecule has 1 amide bonds. The molecule has 0 fully saturated rings. The normalized spacial score (nSPS) is 11.9. The van der Waals surface area contributed by atoms with Gasteiger partial charge < -0.3 is 15.5 Å². The lowest BCUT2D eigenvalue weighted by Gasteiger charge is -2.20. The van der Waals surface area contributed by atoms with Gasteiger partial charge in [-0.25, -0.2) is 9.37 Å². The third-order valence-corrected chi connectivity index (χ3v) is 5.40. The molecule has 1 atom stereocenters. The Bertz CT molecular complexity index is 1450. The average molecular weight is 490 g/mol. The fraction of sp³-hybridized carbons (Fsp3) is 0.200. The molecule has 0 radical (unpaired) electrons. The number of nitrogens with zero attached hydrogens (tertiary/aromatic N) is 4. The van der Waals surface area contributed by atoms with E-state index in [4.69, 9.17) is 10.2 Å². The highest BCUT2D eigenvalue weighted by Crippen LogP contribution is 2.20. The molecular formula is C25H23FN6O4. The number of carbonyl (C=O) groups is 2. The van der Waals surface area contributed by atoms with Gasteiger partial charge in [0.05, 0.1) is 12.2 Å². The van der Waals surface area contributed by atoms with Crippen LogP contribution in [0, 0.1) is 11.7 Å². The van der Waals surface area contributed by atoms with E-state index in [1.54, 1.807) is 38.1 Å². The Morgan fingerprint density at radius 2 is 1.75 bits per heavy atom. The zero-order valence-electron chi connectivity index (χ0n) is 19.5. The Labute approximate surface area is 205 Å².